The minimum atomic E-state index is -0.958. The third-order valence-corrected chi connectivity index (χ3v) is 5.70. The fourth-order valence-corrected chi connectivity index (χ4v) is 4.73. The van der Waals surface area contributed by atoms with Gasteiger partial charge in [-0.2, -0.15) is 0 Å². The highest BCUT2D eigenvalue weighted by Gasteiger charge is 2.50. The van der Waals surface area contributed by atoms with Crippen molar-refractivity contribution in [2.75, 3.05) is 20.7 Å². The number of likely N-dealkylation sites (tertiary alicyclic amines) is 1. The lowest BCUT2D eigenvalue weighted by molar-refractivity contribution is -0.146. The molecule has 1 N–H and O–H groups in total. The maximum Gasteiger partial charge on any atom is 0.328 e. The number of carbonyl (C=O) groups excluding carboxylic acids is 1. The molecule has 1 aromatic carbocycles. The first-order valence-corrected chi connectivity index (χ1v) is 7.98. The van der Waals surface area contributed by atoms with Crippen molar-refractivity contribution in [1.82, 2.24) is 9.88 Å². The lowest BCUT2D eigenvalue weighted by atomic mass is 9.72. The number of halogens is 1. The van der Waals surface area contributed by atoms with Crippen LogP contribution in [0, 0.1) is 0 Å². The Kier molecular flexibility index (Phi) is 3.03. The summed E-state index contributed by atoms with van der Waals surface area (Å²) < 4.78 is 4.94. The van der Waals surface area contributed by atoms with E-state index in [4.69, 9.17) is 16.3 Å². The monoisotopic (exact) mass is 318 g/mol. The van der Waals surface area contributed by atoms with Crippen LogP contribution in [0.1, 0.15) is 23.5 Å². The lowest BCUT2D eigenvalue weighted by Gasteiger charge is -2.47. The first kappa shape index (κ1) is 14.1. The van der Waals surface area contributed by atoms with E-state index in [0.717, 1.165) is 11.9 Å². The van der Waals surface area contributed by atoms with E-state index in [-0.39, 0.29) is 11.9 Å². The maximum atomic E-state index is 12.2. The van der Waals surface area contributed by atoms with Crippen LogP contribution in [0.25, 0.3) is 10.9 Å². The molecule has 2 aliphatic rings. The molecule has 1 saturated heterocycles. The van der Waals surface area contributed by atoms with E-state index >= 15 is 0 Å². The summed E-state index contributed by atoms with van der Waals surface area (Å²) in [6.45, 7) is 0.526. The number of nitrogens with zero attached hydrogens (tertiary/aromatic N) is 1. The number of ether oxygens (including phenoxy) is 1. The van der Waals surface area contributed by atoms with Crippen LogP contribution >= 0.6 is 11.6 Å². The number of nitrogens with one attached hydrogen (secondary N) is 1. The fraction of sp³-hybridized carbons (Fsp3) is 0.471. The van der Waals surface area contributed by atoms with Gasteiger partial charge in [0.2, 0.25) is 0 Å². The van der Waals surface area contributed by atoms with Crippen LogP contribution in [0.4, 0.5) is 0 Å². The van der Waals surface area contributed by atoms with Gasteiger partial charge in [0, 0.05) is 35.6 Å². The molecule has 3 atom stereocenters. The van der Waals surface area contributed by atoms with Crippen LogP contribution < -0.4 is 0 Å². The van der Waals surface area contributed by atoms with Gasteiger partial charge >= 0.3 is 5.97 Å². The van der Waals surface area contributed by atoms with Crippen molar-refractivity contribution in [3.05, 3.63) is 35.5 Å². The highest BCUT2D eigenvalue weighted by Crippen LogP contribution is 2.47. The van der Waals surface area contributed by atoms with Crippen LogP contribution in [-0.4, -0.2) is 47.5 Å². The molecule has 4 rings (SSSR count). The van der Waals surface area contributed by atoms with E-state index in [1.165, 1.54) is 23.6 Å². The minimum Gasteiger partial charge on any atom is -0.468 e. The number of methoxy groups -OCH3 is 1. The Morgan fingerprint density at radius 2 is 2.32 bits per heavy atom. The molecular formula is C17H19ClN2O2. The Labute approximate surface area is 134 Å². The molecule has 0 radical (unpaired) electrons. The van der Waals surface area contributed by atoms with Crippen molar-refractivity contribution in [3.8, 4) is 0 Å². The Morgan fingerprint density at radius 1 is 1.50 bits per heavy atom. The van der Waals surface area contributed by atoms with Gasteiger partial charge in [-0.25, -0.2) is 0 Å². The zero-order valence-electron chi connectivity index (χ0n) is 12.7. The predicted octanol–water partition coefficient (Wildman–Crippen LogP) is 2.66. The number of hydrogen-bond donors (Lipinski definition) is 1. The van der Waals surface area contributed by atoms with Gasteiger partial charge in [-0.1, -0.05) is 12.1 Å². The van der Waals surface area contributed by atoms with Crippen LogP contribution in [0.2, 0.25) is 0 Å². The summed E-state index contributed by atoms with van der Waals surface area (Å²) in [5.74, 6) is -0.0751. The van der Waals surface area contributed by atoms with Crippen molar-refractivity contribution in [3.63, 3.8) is 0 Å². The van der Waals surface area contributed by atoms with Gasteiger partial charge < -0.3 is 14.6 Å². The molecule has 1 fully saturated rings. The van der Waals surface area contributed by atoms with E-state index in [2.05, 4.69) is 41.3 Å². The Bertz CT molecular complexity index is 756. The van der Waals surface area contributed by atoms with Gasteiger partial charge in [-0.05, 0) is 37.1 Å². The SMILES string of the molecule is COC(=O)C1(Cl)C[C@H]2c3cccc4[nH]cc(c34)C[C@@H]2N(C)C1. The molecule has 5 heteroatoms. The number of likely N-dealkylation sites (N-methyl/N-ethyl adjacent to an activating group) is 1. The summed E-state index contributed by atoms with van der Waals surface area (Å²) in [5.41, 5.74) is 3.82. The highest BCUT2D eigenvalue weighted by atomic mass is 35.5. The van der Waals surface area contributed by atoms with Crippen LogP contribution in [0.5, 0.6) is 0 Å². The Hall–Kier alpha value is -1.52. The summed E-state index contributed by atoms with van der Waals surface area (Å²) >= 11 is 6.65. The second-order valence-corrected chi connectivity index (χ2v) is 7.26. The van der Waals surface area contributed by atoms with E-state index in [1.54, 1.807) is 0 Å². The number of hydrogen-bond acceptors (Lipinski definition) is 3. The number of benzene rings is 1. The molecule has 0 bridgehead atoms. The molecule has 2 aromatic rings. The van der Waals surface area contributed by atoms with Crippen molar-refractivity contribution in [2.24, 2.45) is 0 Å². The third kappa shape index (κ3) is 1.83. The number of esters is 1. The molecule has 4 nitrogen and oxygen atoms in total. The third-order valence-electron chi connectivity index (χ3n) is 5.27. The molecule has 1 aliphatic heterocycles. The Balaban J connectivity index is 1.83. The first-order valence-electron chi connectivity index (χ1n) is 7.60. The Morgan fingerprint density at radius 3 is 3.09 bits per heavy atom. The largest absolute Gasteiger partial charge is 0.468 e. The number of alkyl halides is 1. The van der Waals surface area contributed by atoms with Gasteiger partial charge in [0.15, 0.2) is 4.87 Å². The molecule has 116 valence electrons. The maximum absolute atomic E-state index is 12.2. The fourth-order valence-electron chi connectivity index (χ4n) is 4.30. The van der Waals surface area contributed by atoms with Gasteiger partial charge in [0.05, 0.1) is 7.11 Å². The van der Waals surface area contributed by atoms with Crippen LogP contribution in [-0.2, 0) is 16.0 Å². The summed E-state index contributed by atoms with van der Waals surface area (Å²) in [6.07, 6.45) is 3.73. The molecule has 2 heterocycles. The van der Waals surface area contributed by atoms with Gasteiger partial charge in [-0.15, -0.1) is 11.6 Å². The second kappa shape index (κ2) is 4.74. The molecule has 0 amide bonds. The predicted molar refractivity (Wildman–Crippen MR) is 86.4 cm³/mol. The lowest BCUT2D eigenvalue weighted by Crippen LogP contribution is -2.56. The highest BCUT2D eigenvalue weighted by molar-refractivity contribution is 6.34. The van der Waals surface area contributed by atoms with Gasteiger partial charge in [0.25, 0.3) is 0 Å². The molecule has 1 aliphatic carbocycles. The number of aromatic nitrogens is 1. The van der Waals surface area contributed by atoms with Crippen LogP contribution in [0.3, 0.4) is 0 Å². The second-order valence-electron chi connectivity index (χ2n) is 6.54. The van der Waals surface area contributed by atoms with E-state index in [9.17, 15) is 4.79 Å². The van der Waals surface area contributed by atoms with E-state index in [1.807, 2.05) is 0 Å². The summed E-state index contributed by atoms with van der Waals surface area (Å²) in [7, 11) is 3.46. The van der Waals surface area contributed by atoms with Crippen molar-refractivity contribution < 1.29 is 9.53 Å². The molecular weight excluding hydrogens is 300 g/mol. The normalized spacial score (nSPS) is 31.0. The molecule has 0 saturated carbocycles. The van der Waals surface area contributed by atoms with Crippen molar-refractivity contribution in [2.45, 2.75) is 29.7 Å². The van der Waals surface area contributed by atoms with E-state index in [0.29, 0.717) is 19.0 Å². The zero-order valence-corrected chi connectivity index (χ0v) is 13.5. The summed E-state index contributed by atoms with van der Waals surface area (Å²) in [5, 5.41) is 1.31. The van der Waals surface area contributed by atoms with Crippen LogP contribution in [0.15, 0.2) is 24.4 Å². The number of carbonyl (C=O) groups is 1. The number of rotatable bonds is 1. The van der Waals surface area contributed by atoms with Crippen molar-refractivity contribution >= 4 is 28.5 Å². The number of fused-ring (bicyclic) bond motifs is 2. The standard InChI is InChI=1S/C17H19ClN2O2/c1-20-9-17(18,16(21)22-2)7-12-11-4-3-5-13-15(11)10(8-19-13)6-14(12)20/h3-5,8,12,14,19H,6-7,9H2,1-2H3/t12-,14-,17?/m0/s1. The number of aromatic amines is 1. The number of piperidine rings is 1. The number of H-pyrrole nitrogens is 1. The smallest absolute Gasteiger partial charge is 0.328 e. The van der Waals surface area contributed by atoms with Gasteiger partial charge in [-0.3, -0.25) is 4.79 Å². The minimum absolute atomic E-state index is 0.252. The first-order chi connectivity index (χ1) is 10.5. The van der Waals surface area contributed by atoms with Gasteiger partial charge in [0.1, 0.15) is 0 Å². The molecule has 22 heavy (non-hydrogen) atoms. The van der Waals surface area contributed by atoms with E-state index < -0.39 is 4.87 Å². The topological polar surface area (TPSA) is 45.3 Å². The quantitative estimate of drug-likeness (QED) is 0.649. The molecule has 1 unspecified atom stereocenters. The zero-order chi connectivity index (χ0) is 15.5. The summed E-state index contributed by atoms with van der Waals surface area (Å²) in [6, 6.07) is 6.72. The average molecular weight is 319 g/mol. The molecule has 0 spiro atoms. The summed E-state index contributed by atoms with van der Waals surface area (Å²) in [4.78, 5) is 16.8. The molecule has 1 aromatic heterocycles. The average Bonchev–Trinajstić information content (AvgIpc) is 2.92. The van der Waals surface area contributed by atoms with Crippen molar-refractivity contribution in [1.29, 1.82) is 0 Å².